The summed E-state index contributed by atoms with van der Waals surface area (Å²) >= 11 is 0. The van der Waals surface area contributed by atoms with Crippen LogP contribution in [0.5, 0.6) is 0 Å². The molecular formula is C24H25N3O5S. The standard InChI is InChI=1S/C24H25N3O5S/c25-21-10-14-27(24(21)11-12-24)33(30,31)20-8-4-7-19-18(20)9-13-26(23(19)29)16-32-22(28)15-17-5-2-1-3-6-17/h1-9,13,21H,10-12,14-16,25H2. The fourth-order valence-electron chi connectivity index (χ4n) is 4.73. The Morgan fingerprint density at radius 2 is 1.82 bits per heavy atom. The summed E-state index contributed by atoms with van der Waals surface area (Å²) in [5.41, 5.74) is 6.12. The molecule has 2 N–H and O–H groups in total. The molecule has 2 heterocycles. The lowest BCUT2D eigenvalue weighted by atomic mass is 10.1. The van der Waals surface area contributed by atoms with E-state index in [4.69, 9.17) is 10.5 Å². The first-order chi connectivity index (χ1) is 15.8. The number of nitrogens with zero attached hydrogens (tertiary/aromatic N) is 2. The van der Waals surface area contributed by atoms with Crippen LogP contribution in [0.4, 0.5) is 0 Å². The van der Waals surface area contributed by atoms with Gasteiger partial charge in [0.25, 0.3) is 5.56 Å². The lowest BCUT2D eigenvalue weighted by Crippen LogP contribution is -2.44. The number of hydrogen-bond donors (Lipinski definition) is 1. The lowest BCUT2D eigenvalue weighted by Gasteiger charge is -2.26. The zero-order valence-corrected chi connectivity index (χ0v) is 18.8. The summed E-state index contributed by atoms with van der Waals surface area (Å²) < 4.78 is 35.1. The number of aromatic nitrogens is 1. The second-order valence-corrected chi connectivity index (χ2v) is 10.5. The minimum atomic E-state index is -3.81. The van der Waals surface area contributed by atoms with Crippen LogP contribution in [-0.2, 0) is 32.7 Å². The minimum absolute atomic E-state index is 0.102. The van der Waals surface area contributed by atoms with Crippen molar-refractivity contribution in [3.63, 3.8) is 0 Å². The summed E-state index contributed by atoms with van der Waals surface area (Å²) in [7, 11) is -3.81. The molecule has 0 radical (unpaired) electrons. The van der Waals surface area contributed by atoms with Crippen molar-refractivity contribution in [3.8, 4) is 0 Å². The topological polar surface area (TPSA) is 112 Å². The second-order valence-electron chi connectivity index (χ2n) is 8.69. The number of pyridine rings is 1. The maximum absolute atomic E-state index is 13.5. The highest BCUT2D eigenvalue weighted by atomic mass is 32.2. The van der Waals surface area contributed by atoms with Crippen LogP contribution in [0.25, 0.3) is 10.8 Å². The van der Waals surface area contributed by atoms with Crippen molar-refractivity contribution in [2.75, 3.05) is 6.54 Å². The Morgan fingerprint density at radius 1 is 1.06 bits per heavy atom. The molecule has 3 aromatic rings. The molecular weight excluding hydrogens is 442 g/mol. The molecule has 0 bridgehead atoms. The number of nitrogens with two attached hydrogens (primary N) is 1. The average Bonchev–Trinajstić information content (AvgIpc) is 3.53. The number of carbonyl (C=O) groups is 1. The lowest BCUT2D eigenvalue weighted by molar-refractivity contribution is -0.146. The molecule has 33 heavy (non-hydrogen) atoms. The van der Waals surface area contributed by atoms with Crippen molar-refractivity contribution in [3.05, 3.63) is 76.7 Å². The monoisotopic (exact) mass is 467 g/mol. The van der Waals surface area contributed by atoms with Gasteiger partial charge in [-0.25, -0.2) is 8.42 Å². The summed E-state index contributed by atoms with van der Waals surface area (Å²) in [5.74, 6) is -0.454. The van der Waals surface area contributed by atoms with Crippen LogP contribution < -0.4 is 11.3 Å². The molecule has 1 atom stereocenters. The highest BCUT2D eigenvalue weighted by Crippen LogP contribution is 2.51. The smallest absolute Gasteiger partial charge is 0.311 e. The quantitative estimate of drug-likeness (QED) is 0.555. The Hall–Kier alpha value is -3.01. The summed E-state index contributed by atoms with van der Waals surface area (Å²) in [6.45, 7) is 0.135. The van der Waals surface area contributed by atoms with Gasteiger partial charge >= 0.3 is 5.97 Å². The first-order valence-corrected chi connectivity index (χ1v) is 12.4. The maximum atomic E-state index is 13.5. The predicted molar refractivity (Wildman–Crippen MR) is 123 cm³/mol. The normalized spacial score (nSPS) is 19.7. The first kappa shape index (κ1) is 21.8. The minimum Gasteiger partial charge on any atom is -0.444 e. The van der Waals surface area contributed by atoms with E-state index < -0.39 is 27.1 Å². The van der Waals surface area contributed by atoms with Gasteiger partial charge in [0.15, 0.2) is 6.73 Å². The summed E-state index contributed by atoms with van der Waals surface area (Å²) in [5, 5.41) is 0.608. The van der Waals surface area contributed by atoms with E-state index in [1.54, 1.807) is 18.2 Å². The van der Waals surface area contributed by atoms with Crippen LogP contribution in [0, 0.1) is 0 Å². The van der Waals surface area contributed by atoms with Gasteiger partial charge in [0.05, 0.1) is 16.9 Å². The third kappa shape index (κ3) is 3.76. The highest BCUT2D eigenvalue weighted by Gasteiger charge is 2.60. The number of rotatable bonds is 6. The van der Waals surface area contributed by atoms with Crippen molar-refractivity contribution in [1.82, 2.24) is 8.87 Å². The highest BCUT2D eigenvalue weighted by molar-refractivity contribution is 7.89. The zero-order chi connectivity index (χ0) is 23.2. The van der Waals surface area contributed by atoms with Crippen molar-refractivity contribution in [1.29, 1.82) is 0 Å². The molecule has 2 fully saturated rings. The fraction of sp³-hybridized carbons (Fsp3) is 0.333. The predicted octanol–water partition coefficient (Wildman–Crippen LogP) is 2.00. The number of sulfonamides is 1. The molecule has 1 saturated carbocycles. The van der Waals surface area contributed by atoms with Gasteiger partial charge in [0.2, 0.25) is 10.0 Å². The van der Waals surface area contributed by atoms with Gasteiger partial charge in [-0.3, -0.25) is 14.2 Å². The van der Waals surface area contributed by atoms with Crippen LogP contribution in [0.1, 0.15) is 24.8 Å². The molecule has 8 nitrogen and oxygen atoms in total. The van der Waals surface area contributed by atoms with Gasteiger partial charge in [0.1, 0.15) is 0 Å². The van der Waals surface area contributed by atoms with Crippen molar-refractivity contribution in [2.24, 2.45) is 5.73 Å². The molecule has 1 aromatic heterocycles. The van der Waals surface area contributed by atoms with Crippen LogP contribution in [0.2, 0.25) is 0 Å². The van der Waals surface area contributed by atoms with Gasteiger partial charge in [-0.15, -0.1) is 0 Å². The van der Waals surface area contributed by atoms with Crippen molar-refractivity contribution in [2.45, 2.75) is 48.9 Å². The molecule has 2 aromatic carbocycles. The van der Waals surface area contributed by atoms with Crippen molar-refractivity contribution < 1.29 is 17.9 Å². The molecule has 1 spiro atoms. The van der Waals surface area contributed by atoms with Gasteiger partial charge in [-0.2, -0.15) is 4.31 Å². The SMILES string of the molecule is NC1CCN(S(=O)(=O)c2cccc3c(=O)n(COC(=O)Cc4ccccc4)ccc23)C12CC2. The second kappa shape index (κ2) is 8.09. The number of fused-ring (bicyclic) bond motifs is 1. The van der Waals surface area contributed by atoms with E-state index >= 15 is 0 Å². The van der Waals surface area contributed by atoms with E-state index in [2.05, 4.69) is 0 Å². The summed E-state index contributed by atoms with van der Waals surface area (Å²) in [6, 6.07) is 15.3. The van der Waals surface area contributed by atoms with E-state index in [0.717, 1.165) is 18.4 Å². The molecule has 172 valence electrons. The van der Waals surface area contributed by atoms with Gasteiger partial charge in [-0.05, 0) is 43.0 Å². The number of esters is 1. The van der Waals surface area contributed by atoms with Gasteiger partial charge < -0.3 is 10.5 Å². The third-order valence-corrected chi connectivity index (χ3v) is 8.73. The summed E-state index contributed by atoms with van der Waals surface area (Å²) in [4.78, 5) is 25.3. The molecule has 5 rings (SSSR count). The third-order valence-electron chi connectivity index (χ3n) is 6.69. The largest absolute Gasteiger partial charge is 0.444 e. The molecule has 1 aliphatic carbocycles. The average molecular weight is 468 g/mol. The van der Waals surface area contributed by atoms with E-state index in [0.29, 0.717) is 18.4 Å². The van der Waals surface area contributed by atoms with Crippen LogP contribution in [-0.4, -0.2) is 41.4 Å². The maximum Gasteiger partial charge on any atom is 0.311 e. The van der Waals surface area contributed by atoms with Crippen LogP contribution in [0.15, 0.2) is 70.5 Å². The van der Waals surface area contributed by atoms with E-state index in [1.165, 1.54) is 21.1 Å². The Balaban J connectivity index is 1.41. The number of carbonyl (C=O) groups excluding carboxylic acids is 1. The first-order valence-electron chi connectivity index (χ1n) is 10.9. The molecule has 2 aliphatic rings. The summed E-state index contributed by atoms with van der Waals surface area (Å²) in [6.07, 6.45) is 3.72. The number of ether oxygens (including phenoxy) is 1. The molecule has 1 unspecified atom stereocenters. The zero-order valence-electron chi connectivity index (χ0n) is 18.0. The molecule has 9 heteroatoms. The molecule has 0 amide bonds. The van der Waals surface area contributed by atoms with Gasteiger partial charge in [0, 0.05) is 29.6 Å². The van der Waals surface area contributed by atoms with E-state index in [9.17, 15) is 18.0 Å². The van der Waals surface area contributed by atoms with Crippen LogP contribution >= 0.6 is 0 Å². The molecule has 1 aliphatic heterocycles. The Labute approximate surface area is 191 Å². The number of benzene rings is 2. The van der Waals surface area contributed by atoms with E-state index in [1.807, 2.05) is 30.3 Å². The Kier molecular flexibility index (Phi) is 5.35. The number of hydrogen-bond acceptors (Lipinski definition) is 6. The van der Waals surface area contributed by atoms with Gasteiger partial charge in [-0.1, -0.05) is 36.4 Å². The van der Waals surface area contributed by atoms with E-state index in [-0.39, 0.29) is 29.5 Å². The Bertz CT molecular complexity index is 1380. The Morgan fingerprint density at radius 3 is 2.55 bits per heavy atom. The van der Waals surface area contributed by atoms with Crippen molar-refractivity contribution >= 4 is 26.8 Å². The fourth-order valence-corrected chi connectivity index (χ4v) is 6.82. The molecule has 1 saturated heterocycles. The van der Waals surface area contributed by atoms with Crippen LogP contribution in [0.3, 0.4) is 0 Å².